The number of aromatic nitrogens is 1. The summed E-state index contributed by atoms with van der Waals surface area (Å²) in [6, 6.07) is 12.3. The van der Waals surface area contributed by atoms with Crippen molar-refractivity contribution in [3.8, 4) is 0 Å². The van der Waals surface area contributed by atoms with E-state index in [1.807, 2.05) is 12.1 Å². The van der Waals surface area contributed by atoms with Gasteiger partial charge in [-0.3, -0.25) is 9.59 Å². The molecule has 4 rings (SSSR count). The third-order valence-electron chi connectivity index (χ3n) is 3.74. The number of nitrogens with two attached hydrogens (primary N) is 1. The minimum atomic E-state index is -0.184. The number of carbonyl (C=O) groups excluding carboxylic acids is 2. The van der Waals surface area contributed by atoms with Gasteiger partial charge in [0, 0.05) is 17.3 Å². The molecule has 0 bridgehead atoms. The number of benzene rings is 1. The Morgan fingerprint density at radius 2 is 1.50 bits per heavy atom. The van der Waals surface area contributed by atoms with Crippen molar-refractivity contribution in [3.05, 3.63) is 71.0 Å². The minimum Gasteiger partial charge on any atom is -0.396 e. The van der Waals surface area contributed by atoms with Gasteiger partial charge in [0.1, 0.15) is 5.69 Å². The Labute approximate surface area is 114 Å². The summed E-state index contributed by atoms with van der Waals surface area (Å²) in [5.41, 5.74) is 8.68. The number of pyridine rings is 1. The summed E-state index contributed by atoms with van der Waals surface area (Å²) >= 11 is 0. The van der Waals surface area contributed by atoms with E-state index in [4.69, 9.17) is 5.73 Å². The van der Waals surface area contributed by atoms with E-state index in [1.165, 1.54) is 0 Å². The van der Waals surface area contributed by atoms with Gasteiger partial charge in [0.15, 0.2) is 5.78 Å². The largest absolute Gasteiger partial charge is 0.396 e. The van der Waals surface area contributed by atoms with Crippen LogP contribution < -0.4 is 5.73 Å². The molecule has 0 unspecified atom stereocenters. The van der Waals surface area contributed by atoms with Crippen molar-refractivity contribution < 1.29 is 9.59 Å². The molecule has 1 aliphatic rings. The molecule has 0 atom stereocenters. The number of carbonyl (C=O) groups is 2. The molecular formula is C16H10N2O2. The summed E-state index contributed by atoms with van der Waals surface area (Å²) < 4.78 is 1.70. The van der Waals surface area contributed by atoms with Gasteiger partial charge in [0.2, 0.25) is 5.78 Å². The Bertz CT molecular complexity index is 906. The van der Waals surface area contributed by atoms with E-state index in [2.05, 4.69) is 0 Å². The highest BCUT2D eigenvalue weighted by atomic mass is 16.1. The molecule has 0 radical (unpaired) electrons. The lowest BCUT2D eigenvalue weighted by Gasteiger charge is -2.14. The van der Waals surface area contributed by atoms with E-state index in [1.54, 1.807) is 40.9 Å². The first-order chi connectivity index (χ1) is 9.70. The number of rotatable bonds is 0. The van der Waals surface area contributed by atoms with Gasteiger partial charge < -0.3 is 10.1 Å². The SMILES string of the molecule is Nc1c2c(n3ccccc13)C(=O)c1ccccc1C2=O. The highest BCUT2D eigenvalue weighted by molar-refractivity contribution is 6.31. The lowest BCUT2D eigenvalue weighted by atomic mass is 9.87. The Balaban J connectivity index is 2.18. The number of fused-ring (bicyclic) bond motifs is 4. The maximum atomic E-state index is 12.7. The average Bonchev–Trinajstić information content (AvgIpc) is 2.79. The Morgan fingerprint density at radius 1 is 0.850 bits per heavy atom. The van der Waals surface area contributed by atoms with Crippen molar-refractivity contribution in [1.82, 2.24) is 4.40 Å². The molecule has 1 aliphatic carbocycles. The second-order valence-corrected chi connectivity index (χ2v) is 4.80. The monoisotopic (exact) mass is 262 g/mol. The van der Waals surface area contributed by atoms with Gasteiger partial charge in [0.25, 0.3) is 0 Å². The zero-order valence-corrected chi connectivity index (χ0v) is 10.5. The lowest BCUT2D eigenvalue weighted by molar-refractivity contribution is 0.0976. The standard InChI is InChI=1S/C16H10N2O2/c17-13-11-7-3-4-8-18(11)14-12(13)15(19)9-5-1-2-6-10(9)16(14)20/h1-8H,17H2. The van der Waals surface area contributed by atoms with Crippen molar-refractivity contribution >= 4 is 22.8 Å². The summed E-state index contributed by atoms with van der Waals surface area (Å²) in [6.45, 7) is 0. The van der Waals surface area contributed by atoms with Crippen LogP contribution in [-0.2, 0) is 0 Å². The van der Waals surface area contributed by atoms with Crippen LogP contribution in [0.3, 0.4) is 0 Å². The van der Waals surface area contributed by atoms with E-state index < -0.39 is 0 Å². The van der Waals surface area contributed by atoms with Gasteiger partial charge >= 0.3 is 0 Å². The lowest BCUT2D eigenvalue weighted by Crippen LogP contribution is -2.21. The van der Waals surface area contributed by atoms with E-state index in [0.717, 1.165) is 0 Å². The molecule has 0 spiro atoms. The van der Waals surface area contributed by atoms with Crippen LogP contribution in [0.4, 0.5) is 5.69 Å². The first-order valence-electron chi connectivity index (χ1n) is 6.27. The van der Waals surface area contributed by atoms with Gasteiger partial charge in [0.05, 0.1) is 16.8 Å². The van der Waals surface area contributed by atoms with E-state index in [9.17, 15) is 9.59 Å². The average molecular weight is 262 g/mol. The molecular weight excluding hydrogens is 252 g/mol. The summed E-state index contributed by atoms with van der Waals surface area (Å²) in [5, 5.41) is 0. The second-order valence-electron chi connectivity index (χ2n) is 4.80. The number of anilines is 1. The predicted octanol–water partition coefficient (Wildman–Crippen LogP) is 2.30. The number of hydrogen-bond donors (Lipinski definition) is 1. The van der Waals surface area contributed by atoms with E-state index in [-0.39, 0.29) is 11.6 Å². The topological polar surface area (TPSA) is 64.6 Å². The fourth-order valence-corrected chi connectivity index (χ4v) is 2.83. The molecule has 3 aromatic rings. The molecule has 0 amide bonds. The molecule has 4 nitrogen and oxygen atoms in total. The molecule has 20 heavy (non-hydrogen) atoms. The van der Waals surface area contributed by atoms with Crippen LogP contribution in [0.2, 0.25) is 0 Å². The fraction of sp³-hybridized carbons (Fsp3) is 0. The Morgan fingerprint density at radius 3 is 2.25 bits per heavy atom. The summed E-state index contributed by atoms with van der Waals surface area (Å²) in [5.74, 6) is -0.343. The van der Waals surface area contributed by atoms with Gasteiger partial charge in [-0.2, -0.15) is 0 Å². The second kappa shape index (κ2) is 3.57. The molecule has 2 N–H and O–H groups in total. The molecule has 0 fully saturated rings. The van der Waals surface area contributed by atoms with Crippen molar-refractivity contribution in [2.45, 2.75) is 0 Å². The Kier molecular flexibility index (Phi) is 1.96. The molecule has 0 saturated carbocycles. The molecule has 96 valence electrons. The van der Waals surface area contributed by atoms with E-state index in [0.29, 0.717) is 33.6 Å². The normalized spacial score (nSPS) is 13.4. The molecule has 0 saturated heterocycles. The van der Waals surface area contributed by atoms with Crippen LogP contribution in [0.5, 0.6) is 0 Å². The third kappa shape index (κ3) is 1.15. The zero-order valence-electron chi connectivity index (χ0n) is 10.5. The number of nitrogens with zero attached hydrogens (tertiary/aromatic N) is 1. The third-order valence-corrected chi connectivity index (χ3v) is 3.74. The van der Waals surface area contributed by atoms with Crippen LogP contribution in [0.25, 0.3) is 5.52 Å². The van der Waals surface area contributed by atoms with Gasteiger partial charge in [-0.1, -0.05) is 30.3 Å². The zero-order chi connectivity index (χ0) is 13.9. The maximum absolute atomic E-state index is 12.7. The number of nitrogen functional groups attached to an aromatic ring is 1. The maximum Gasteiger partial charge on any atom is 0.211 e. The molecule has 2 aromatic heterocycles. The quantitative estimate of drug-likeness (QED) is 0.529. The highest BCUT2D eigenvalue weighted by Gasteiger charge is 2.34. The van der Waals surface area contributed by atoms with Crippen molar-refractivity contribution in [2.75, 3.05) is 5.73 Å². The van der Waals surface area contributed by atoms with Gasteiger partial charge in [-0.15, -0.1) is 0 Å². The van der Waals surface area contributed by atoms with Crippen LogP contribution in [0.15, 0.2) is 48.7 Å². The summed E-state index contributed by atoms with van der Waals surface area (Å²) in [7, 11) is 0. The van der Waals surface area contributed by atoms with Crippen molar-refractivity contribution in [1.29, 1.82) is 0 Å². The molecule has 4 heteroatoms. The van der Waals surface area contributed by atoms with Gasteiger partial charge in [-0.05, 0) is 12.1 Å². The predicted molar refractivity (Wildman–Crippen MR) is 75.1 cm³/mol. The Hall–Kier alpha value is -2.88. The number of ketones is 2. The van der Waals surface area contributed by atoms with Crippen molar-refractivity contribution in [3.63, 3.8) is 0 Å². The van der Waals surface area contributed by atoms with Crippen LogP contribution in [-0.4, -0.2) is 16.0 Å². The van der Waals surface area contributed by atoms with Crippen LogP contribution in [0.1, 0.15) is 32.0 Å². The van der Waals surface area contributed by atoms with E-state index >= 15 is 0 Å². The number of hydrogen-bond acceptors (Lipinski definition) is 3. The minimum absolute atomic E-state index is 0.159. The molecule has 2 heterocycles. The van der Waals surface area contributed by atoms with Gasteiger partial charge in [-0.25, -0.2) is 0 Å². The first kappa shape index (κ1) is 11.0. The summed E-state index contributed by atoms with van der Waals surface area (Å²) in [6.07, 6.45) is 1.75. The molecule has 1 aromatic carbocycles. The van der Waals surface area contributed by atoms with Crippen LogP contribution >= 0.6 is 0 Å². The highest BCUT2D eigenvalue weighted by Crippen LogP contribution is 2.34. The first-order valence-corrected chi connectivity index (χ1v) is 6.27. The smallest absolute Gasteiger partial charge is 0.211 e. The molecule has 0 aliphatic heterocycles. The fourth-order valence-electron chi connectivity index (χ4n) is 2.83. The van der Waals surface area contributed by atoms with Crippen LogP contribution in [0, 0.1) is 0 Å². The summed E-state index contributed by atoms with van der Waals surface area (Å²) in [4.78, 5) is 25.3. The van der Waals surface area contributed by atoms with Crippen molar-refractivity contribution in [2.24, 2.45) is 0 Å².